The van der Waals surface area contributed by atoms with Crippen LogP contribution in [0.15, 0.2) is 5.29 Å². The van der Waals surface area contributed by atoms with E-state index in [4.69, 9.17) is 5.11 Å². The summed E-state index contributed by atoms with van der Waals surface area (Å²) < 4.78 is 12.6. The fourth-order valence-electron chi connectivity index (χ4n) is 1.33. The number of carbonyl (C=O) groups is 1. The minimum absolute atomic E-state index is 0.0814. The van der Waals surface area contributed by atoms with Gasteiger partial charge in [0.05, 0.1) is 24.3 Å². The van der Waals surface area contributed by atoms with Gasteiger partial charge in [0.1, 0.15) is 6.17 Å². The van der Waals surface area contributed by atoms with Crippen LogP contribution in [0.4, 0.5) is 4.39 Å². The van der Waals surface area contributed by atoms with Gasteiger partial charge < -0.3 is 5.11 Å². The topological polar surface area (TPSA) is 70.0 Å². The molecule has 0 radical (unpaired) electrons. The summed E-state index contributed by atoms with van der Waals surface area (Å²) >= 11 is 0. The third-order valence-electron chi connectivity index (χ3n) is 1.85. The molecule has 68 valence electrons. The maximum absolute atomic E-state index is 12.6. The summed E-state index contributed by atoms with van der Waals surface area (Å²) in [5.41, 5.74) is 0. The van der Waals surface area contributed by atoms with E-state index in [1.807, 2.05) is 0 Å². The van der Waals surface area contributed by atoms with Gasteiger partial charge in [-0.1, -0.05) is 0 Å². The van der Waals surface area contributed by atoms with Gasteiger partial charge in [-0.25, -0.2) is 4.39 Å². The first-order valence-electron chi connectivity index (χ1n) is 3.59. The zero-order valence-corrected chi connectivity index (χ0v) is 6.31. The molecule has 6 heteroatoms. The molecule has 1 fully saturated rings. The molecule has 12 heavy (non-hydrogen) atoms. The molecule has 2 atom stereocenters. The predicted octanol–water partition coefficient (Wildman–Crippen LogP) is 0.555. The van der Waals surface area contributed by atoms with E-state index < -0.39 is 18.2 Å². The smallest absolute Gasteiger partial charge is 0.305 e. The molecule has 0 saturated carbocycles. The zero-order valence-electron chi connectivity index (χ0n) is 6.31. The van der Waals surface area contributed by atoms with Gasteiger partial charge in [-0.3, -0.25) is 9.80 Å². The molecule has 0 aromatic carbocycles. The number of hydrogen-bond donors (Lipinski definition) is 1. The summed E-state index contributed by atoms with van der Waals surface area (Å²) in [6.07, 6.45) is -1.28. The quantitative estimate of drug-likeness (QED) is 0.637. The molecule has 1 aliphatic heterocycles. The Kier molecular flexibility index (Phi) is 2.57. The summed E-state index contributed by atoms with van der Waals surface area (Å²) in [7, 11) is 0. The molecule has 0 aliphatic carbocycles. The van der Waals surface area contributed by atoms with E-state index in [9.17, 15) is 14.1 Å². The van der Waals surface area contributed by atoms with Crippen LogP contribution in [0.2, 0.25) is 0 Å². The first kappa shape index (κ1) is 8.89. The van der Waals surface area contributed by atoms with Crippen LogP contribution in [0.1, 0.15) is 12.8 Å². The van der Waals surface area contributed by atoms with Crippen LogP contribution < -0.4 is 0 Å². The van der Waals surface area contributed by atoms with Crippen molar-refractivity contribution < 1.29 is 14.3 Å². The molecular weight excluding hydrogens is 167 g/mol. The summed E-state index contributed by atoms with van der Waals surface area (Å²) in [6.45, 7) is -0.0819. The molecule has 1 saturated heterocycles. The first-order valence-corrected chi connectivity index (χ1v) is 3.59. The summed E-state index contributed by atoms with van der Waals surface area (Å²) in [4.78, 5) is 20.3. The number of alkyl halides is 1. The lowest BCUT2D eigenvalue weighted by Gasteiger charge is -2.14. The highest BCUT2D eigenvalue weighted by Gasteiger charge is 2.33. The monoisotopic (exact) mass is 176 g/mol. The zero-order chi connectivity index (χ0) is 9.14. The Morgan fingerprint density at radius 3 is 2.92 bits per heavy atom. The molecule has 0 aromatic rings. The summed E-state index contributed by atoms with van der Waals surface area (Å²) in [5.74, 6) is -1.04. The van der Waals surface area contributed by atoms with Crippen molar-refractivity contribution in [1.82, 2.24) is 5.01 Å². The highest BCUT2D eigenvalue weighted by molar-refractivity contribution is 5.67. The maximum atomic E-state index is 12.6. The number of rotatable bonds is 3. The van der Waals surface area contributed by atoms with E-state index in [0.717, 1.165) is 5.01 Å². The largest absolute Gasteiger partial charge is 0.481 e. The number of carboxylic acid groups (broad SMARTS) is 1. The average Bonchev–Trinajstić information content (AvgIpc) is 2.29. The Bertz CT molecular complexity index is 199. The van der Waals surface area contributed by atoms with Gasteiger partial charge in [0, 0.05) is 6.42 Å². The Labute approximate surface area is 68.1 Å². The fourth-order valence-corrected chi connectivity index (χ4v) is 1.33. The van der Waals surface area contributed by atoms with E-state index in [1.54, 1.807) is 0 Å². The standard InChI is InChI=1S/C6H9FN2O3/c7-4-1-5(2-6(10)11)9(3-4)8-12/h4-5H,1-3H2,(H,10,11). The molecule has 1 aliphatic rings. The van der Waals surface area contributed by atoms with Crippen LogP contribution in [0.3, 0.4) is 0 Å². The SMILES string of the molecule is O=NN1CC(F)CC1CC(=O)O. The predicted molar refractivity (Wildman–Crippen MR) is 38.1 cm³/mol. The van der Waals surface area contributed by atoms with Crippen molar-refractivity contribution in [3.8, 4) is 0 Å². The van der Waals surface area contributed by atoms with Crippen LogP contribution in [0, 0.1) is 4.91 Å². The number of halogens is 1. The van der Waals surface area contributed by atoms with Crippen molar-refractivity contribution in [3.63, 3.8) is 0 Å². The number of nitrogens with zero attached hydrogens (tertiary/aromatic N) is 2. The second kappa shape index (κ2) is 3.46. The van der Waals surface area contributed by atoms with Gasteiger partial charge in [0.15, 0.2) is 0 Å². The third kappa shape index (κ3) is 1.90. The maximum Gasteiger partial charge on any atom is 0.305 e. The van der Waals surface area contributed by atoms with Crippen molar-refractivity contribution in [2.24, 2.45) is 5.29 Å². The molecule has 0 spiro atoms. The van der Waals surface area contributed by atoms with E-state index in [0.29, 0.717) is 0 Å². The fraction of sp³-hybridized carbons (Fsp3) is 0.833. The van der Waals surface area contributed by atoms with Crippen LogP contribution in [0.25, 0.3) is 0 Å². The molecule has 1 heterocycles. The van der Waals surface area contributed by atoms with Crippen LogP contribution in [-0.4, -0.2) is 34.8 Å². The minimum atomic E-state index is -1.13. The molecule has 0 amide bonds. The molecule has 0 bridgehead atoms. The van der Waals surface area contributed by atoms with Crippen molar-refractivity contribution in [2.45, 2.75) is 25.1 Å². The first-order chi connectivity index (χ1) is 5.63. The van der Waals surface area contributed by atoms with E-state index in [2.05, 4.69) is 5.29 Å². The molecule has 2 unspecified atom stereocenters. The second-order valence-electron chi connectivity index (χ2n) is 2.79. The normalized spacial score (nSPS) is 28.9. The van der Waals surface area contributed by atoms with Crippen LogP contribution >= 0.6 is 0 Å². The average molecular weight is 176 g/mol. The highest BCUT2D eigenvalue weighted by Crippen LogP contribution is 2.22. The van der Waals surface area contributed by atoms with Crippen molar-refractivity contribution >= 4 is 5.97 Å². The lowest BCUT2D eigenvalue weighted by Crippen LogP contribution is -2.26. The molecule has 1 rings (SSSR count). The Morgan fingerprint density at radius 2 is 2.42 bits per heavy atom. The van der Waals surface area contributed by atoms with E-state index in [-0.39, 0.29) is 19.4 Å². The Balaban J connectivity index is 2.51. The van der Waals surface area contributed by atoms with Gasteiger partial charge in [-0.15, -0.1) is 4.91 Å². The molecule has 1 N–H and O–H groups in total. The van der Waals surface area contributed by atoms with Crippen molar-refractivity contribution in [3.05, 3.63) is 4.91 Å². The van der Waals surface area contributed by atoms with Gasteiger partial charge in [0.2, 0.25) is 0 Å². The molecule has 5 nitrogen and oxygen atoms in total. The van der Waals surface area contributed by atoms with Gasteiger partial charge >= 0.3 is 5.97 Å². The van der Waals surface area contributed by atoms with Crippen LogP contribution in [-0.2, 0) is 4.79 Å². The van der Waals surface area contributed by atoms with Gasteiger partial charge in [-0.2, -0.15) is 0 Å². The van der Waals surface area contributed by atoms with Crippen molar-refractivity contribution in [2.75, 3.05) is 6.54 Å². The number of hydrogen-bond acceptors (Lipinski definition) is 3. The number of aliphatic carboxylic acids is 1. The van der Waals surface area contributed by atoms with Gasteiger partial charge in [-0.05, 0) is 0 Å². The highest BCUT2D eigenvalue weighted by atomic mass is 19.1. The summed E-state index contributed by atoms with van der Waals surface area (Å²) in [6, 6.07) is -0.574. The summed E-state index contributed by atoms with van der Waals surface area (Å²) in [5, 5.41) is 11.9. The second-order valence-corrected chi connectivity index (χ2v) is 2.79. The molecular formula is C6H9FN2O3. The molecule has 0 aromatic heterocycles. The van der Waals surface area contributed by atoms with Crippen molar-refractivity contribution in [1.29, 1.82) is 0 Å². The van der Waals surface area contributed by atoms with Crippen LogP contribution in [0.5, 0.6) is 0 Å². The minimum Gasteiger partial charge on any atom is -0.481 e. The van der Waals surface area contributed by atoms with E-state index in [1.165, 1.54) is 0 Å². The number of nitroso groups, excluding NO2 is 1. The Hall–Kier alpha value is -1.20. The Morgan fingerprint density at radius 1 is 1.75 bits per heavy atom. The van der Waals surface area contributed by atoms with E-state index >= 15 is 0 Å². The van der Waals surface area contributed by atoms with Gasteiger partial charge in [0.25, 0.3) is 0 Å². The lowest BCUT2D eigenvalue weighted by atomic mass is 10.1. The lowest BCUT2D eigenvalue weighted by molar-refractivity contribution is -0.138. The third-order valence-corrected chi connectivity index (χ3v) is 1.85. The number of carboxylic acids is 1.